The molecule has 0 heterocycles. The van der Waals surface area contributed by atoms with Crippen LogP contribution in [-0.4, -0.2) is 48.1 Å². The fourth-order valence-corrected chi connectivity index (χ4v) is 1.91. The highest BCUT2D eigenvalue weighted by atomic mass is 19.3. The zero-order valence-corrected chi connectivity index (χ0v) is 9.53. The molecule has 1 aliphatic rings. The number of halogens is 2. The number of carboxylic acid groups (broad SMARTS) is 1. The van der Waals surface area contributed by atoms with Crippen LogP contribution in [0.3, 0.4) is 0 Å². The molecule has 98 valence electrons. The number of nitrogens with zero attached hydrogens (tertiary/aromatic N) is 1. The smallest absolute Gasteiger partial charge is 0.317 e. The predicted octanol–water partition coefficient (Wildman–Crippen LogP) is 1.15. The van der Waals surface area contributed by atoms with Gasteiger partial charge >= 0.3 is 12.0 Å². The molecule has 0 saturated heterocycles. The molecule has 0 spiro atoms. The van der Waals surface area contributed by atoms with E-state index < -0.39 is 30.9 Å². The summed E-state index contributed by atoms with van der Waals surface area (Å²) in [6.45, 7) is -0.624. The van der Waals surface area contributed by atoms with Crippen LogP contribution in [0.25, 0.3) is 0 Å². The van der Waals surface area contributed by atoms with Crippen molar-refractivity contribution in [2.75, 3.05) is 13.6 Å². The SMILES string of the molecule is CN(CC(F)F)C(=O)NC1CCC(C(=O)O)C1. The molecule has 17 heavy (non-hydrogen) atoms. The Kier molecular flexibility index (Phi) is 4.65. The lowest BCUT2D eigenvalue weighted by Gasteiger charge is -2.20. The van der Waals surface area contributed by atoms with Gasteiger partial charge in [0, 0.05) is 13.1 Å². The Morgan fingerprint density at radius 3 is 2.59 bits per heavy atom. The number of carboxylic acids is 1. The number of hydrogen-bond donors (Lipinski definition) is 2. The number of nitrogens with one attached hydrogen (secondary N) is 1. The maximum atomic E-state index is 12.0. The fourth-order valence-electron chi connectivity index (χ4n) is 1.91. The van der Waals surface area contributed by atoms with Gasteiger partial charge in [0.15, 0.2) is 0 Å². The molecule has 0 bridgehead atoms. The molecule has 7 heteroatoms. The van der Waals surface area contributed by atoms with Gasteiger partial charge in [0.05, 0.1) is 12.5 Å². The van der Waals surface area contributed by atoms with Crippen molar-refractivity contribution in [3.8, 4) is 0 Å². The first kappa shape index (κ1) is 13.7. The van der Waals surface area contributed by atoms with Crippen LogP contribution >= 0.6 is 0 Å². The third-order valence-electron chi connectivity index (χ3n) is 2.87. The largest absolute Gasteiger partial charge is 0.481 e. The van der Waals surface area contributed by atoms with Crippen LogP contribution in [0.4, 0.5) is 13.6 Å². The number of aliphatic carboxylic acids is 1. The van der Waals surface area contributed by atoms with Crippen LogP contribution < -0.4 is 5.32 Å². The summed E-state index contributed by atoms with van der Waals surface area (Å²) in [6.07, 6.45) is -1.12. The van der Waals surface area contributed by atoms with E-state index in [1.54, 1.807) is 0 Å². The summed E-state index contributed by atoms with van der Waals surface area (Å²) in [5, 5.41) is 11.3. The predicted molar refractivity (Wildman–Crippen MR) is 55.9 cm³/mol. The first-order chi connectivity index (χ1) is 7.90. The van der Waals surface area contributed by atoms with E-state index in [1.807, 2.05) is 0 Å². The molecule has 1 fully saturated rings. The van der Waals surface area contributed by atoms with Crippen LogP contribution in [0.1, 0.15) is 19.3 Å². The molecule has 1 rings (SSSR count). The van der Waals surface area contributed by atoms with Gasteiger partial charge in [-0.15, -0.1) is 0 Å². The Morgan fingerprint density at radius 2 is 2.12 bits per heavy atom. The normalized spacial score (nSPS) is 23.8. The van der Waals surface area contributed by atoms with E-state index in [9.17, 15) is 18.4 Å². The minimum atomic E-state index is -2.57. The van der Waals surface area contributed by atoms with Crippen LogP contribution in [0.5, 0.6) is 0 Å². The lowest BCUT2D eigenvalue weighted by atomic mass is 10.1. The highest BCUT2D eigenvalue weighted by Gasteiger charge is 2.31. The van der Waals surface area contributed by atoms with Gasteiger partial charge in [-0.1, -0.05) is 0 Å². The topological polar surface area (TPSA) is 69.6 Å². The van der Waals surface area contributed by atoms with Gasteiger partial charge in [0.25, 0.3) is 6.43 Å². The molecule has 2 atom stereocenters. The van der Waals surface area contributed by atoms with Gasteiger partial charge in [-0.05, 0) is 19.3 Å². The van der Waals surface area contributed by atoms with Gasteiger partial charge < -0.3 is 15.3 Å². The zero-order valence-electron chi connectivity index (χ0n) is 9.53. The lowest BCUT2D eigenvalue weighted by molar-refractivity contribution is -0.141. The second-order valence-corrected chi connectivity index (χ2v) is 4.27. The number of rotatable bonds is 4. The highest BCUT2D eigenvalue weighted by Crippen LogP contribution is 2.25. The Bertz CT molecular complexity index is 299. The number of carbonyl (C=O) groups excluding carboxylic acids is 1. The van der Waals surface area contributed by atoms with Crippen molar-refractivity contribution in [3.63, 3.8) is 0 Å². The summed E-state index contributed by atoms with van der Waals surface area (Å²) in [5.74, 6) is -1.32. The van der Waals surface area contributed by atoms with E-state index in [0.29, 0.717) is 19.3 Å². The second-order valence-electron chi connectivity index (χ2n) is 4.27. The van der Waals surface area contributed by atoms with Crippen molar-refractivity contribution in [2.24, 2.45) is 5.92 Å². The molecular weight excluding hydrogens is 234 g/mol. The summed E-state index contributed by atoms with van der Waals surface area (Å²) in [4.78, 5) is 23.0. The molecule has 0 aliphatic heterocycles. The molecule has 0 aromatic heterocycles. The van der Waals surface area contributed by atoms with Crippen molar-refractivity contribution >= 4 is 12.0 Å². The van der Waals surface area contributed by atoms with Crippen molar-refractivity contribution < 1.29 is 23.5 Å². The Labute approximate surface area is 97.8 Å². The van der Waals surface area contributed by atoms with E-state index in [2.05, 4.69) is 5.32 Å². The van der Waals surface area contributed by atoms with E-state index >= 15 is 0 Å². The van der Waals surface area contributed by atoms with E-state index in [0.717, 1.165) is 4.90 Å². The van der Waals surface area contributed by atoms with E-state index in [-0.39, 0.29) is 6.04 Å². The summed E-state index contributed by atoms with van der Waals surface area (Å²) < 4.78 is 24.1. The monoisotopic (exact) mass is 250 g/mol. The summed E-state index contributed by atoms with van der Waals surface area (Å²) in [7, 11) is 1.28. The molecule has 1 saturated carbocycles. The third kappa shape index (κ3) is 4.16. The average molecular weight is 250 g/mol. The molecule has 2 unspecified atom stereocenters. The van der Waals surface area contributed by atoms with Crippen LogP contribution in [0.15, 0.2) is 0 Å². The van der Waals surface area contributed by atoms with E-state index in [1.165, 1.54) is 7.05 Å². The maximum Gasteiger partial charge on any atom is 0.317 e. The molecule has 1 aliphatic carbocycles. The molecule has 0 aromatic rings. The van der Waals surface area contributed by atoms with Crippen molar-refractivity contribution in [1.29, 1.82) is 0 Å². The zero-order chi connectivity index (χ0) is 13.0. The van der Waals surface area contributed by atoms with Gasteiger partial charge in [-0.2, -0.15) is 0 Å². The van der Waals surface area contributed by atoms with Gasteiger partial charge in [-0.25, -0.2) is 13.6 Å². The third-order valence-corrected chi connectivity index (χ3v) is 2.87. The molecule has 2 amide bonds. The molecule has 0 radical (unpaired) electrons. The quantitative estimate of drug-likeness (QED) is 0.786. The Hall–Kier alpha value is -1.40. The van der Waals surface area contributed by atoms with Crippen LogP contribution in [-0.2, 0) is 4.79 Å². The van der Waals surface area contributed by atoms with Crippen LogP contribution in [0, 0.1) is 5.92 Å². The molecular formula is C10H16F2N2O3. The number of urea groups is 1. The van der Waals surface area contributed by atoms with Gasteiger partial charge in [0.1, 0.15) is 0 Å². The molecule has 2 N–H and O–H groups in total. The first-order valence-corrected chi connectivity index (χ1v) is 5.42. The average Bonchev–Trinajstić information content (AvgIpc) is 2.65. The lowest BCUT2D eigenvalue weighted by Crippen LogP contribution is -2.43. The first-order valence-electron chi connectivity index (χ1n) is 5.42. The fraction of sp³-hybridized carbons (Fsp3) is 0.800. The van der Waals surface area contributed by atoms with E-state index in [4.69, 9.17) is 5.11 Å². The maximum absolute atomic E-state index is 12.0. The Balaban J connectivity index is 2.35. The summed E-state index contributed by atoms with van der Waals surface area (Å²) >= 11 is 0. The summed E-state index contributed by atoms with van der Waals surface area (Å²) in [5.41, 5.74) is 0. The molecule has 0 aromatic carbocycles. The minimum absolute atomic E-state index is 0.233. The van der Waals surface area contributed by atoms with Crippen molar-refractivity contribution in [2.45, 2.75) is 31.7 Å². The minimum Gasteiger partial charge on any atom is -0.481 e. The number of alkyl halides is 2. The highest BCUT2D eigenvalue weighted by molar-refractivity contribution is 5.75. The van der Waals surface area contributed by atoms with Gasteiger partial charge in [-0.3, -0.25) is 4.79 Å². The Morgan fingerprint density at radius 1 is 1.47 bits per heavy atom. The number of carbonyl (C=O) groups is 2. The van der Waals surface area contributed by atoms with Crippen molar-refractivity contribution in [1.82, 2.24) is 10.2 Å². The number of hydrogen-bond acceptors (Lipinski definition) is 2. The van der Waals surface area contributed by atoms with Crippen molar-refractivity contribution in [3.05, 3.63) is 0 Å². The van der Waals surface area contributed by atoms with Crippen LogP contribution in [0.2, 0.25) is 0 Å². The molecule has 5 nitrogen and oxygen atoms in total. The number of amides is 2. The second kappa shape index (κ2) is 5.79. The standard InChI is InChI=1S/C10H16F2N2O3/c1-14(5-8(11)12)10(17)13-7-3-2-6(4-7)9(15)16/h6-8H,2-5H2,1H3,(H,13,17)(H,15,16). The summed E-state index contributed by atoms with van der Waals surface area (Å²) in [6, 6.07) is -0.815. The van der Waals surface area contributed by atoms with Gasteiger partial charge in [0.2, 0.25) is 0 Å².